The molecular formula is C32H36F5N7O12. The Morgan fingerprint density at radius 3 is 2.48 bits per heavy atom. The van der Waals surface area contributed by atoms with Crippen LogP contribution in [-0.2, 0) is 36.6 Å². The van der Waals surface area contributed by atoms with Gasteiger partial charge in [0.2, 0.25) is 5.91 Å². The highest BCUT2D eigenvalue weighted by Crippen LogP contribution is 2.40. The number of nitrogens with one attached hydrogen (secondary N) is 2. The number of rotatable bonds is 13. The van der Waals surface area contributed by atoms with Gasteiger partial charge in [-0.05, 0) is 24.3 Å². The van der Waals surface area contributed by atoms with Crippen LogP contribution in [0, 0.1) is 0 Å². The van der Waals surface area contributed by atoms with Crippen LogP contribution in [0.4, 0.5) is 38.3 Å². The Hall–Kier alpha value is -5.27. The first-order valence-electron chi connectivity index (χ1n) is 16.6. The lowest BCUT2D eigenvalue weighted by Gasteiger charge is -2.46. The number of benzene rings is 1. The summed E-state index contributed by atoms with van der Waals surface area (Å²) >= 11 is 0. The lowest BCUT2D eigenvalue weighted by molar-refractivity contribution is -0.284. The second-order valence-corrected chi connectivity index (χ2v) is 12.6. The zero-order valence-electron chi connectivity index (χ0n) is 29.1. The Bertz CT molecular complexity index is 1880. The number of anilines is 2. The molecule has 0 unspecified atom stereocenters. The van der Waals surface area contributed by atoms with Crippen LogP contribution in [0.15, 0.2) is 36.7 Å². The molecule has 6 atom stereocenters. The fourth-order valence-electron chi connectivity index (χ4n) is 5.90. The van der Waals surface area contributed by atoms with Gasteiger partial charge < -0.3 is 54.7 Å². The quantitative estimate of drug-likeness (QED) is 0.118. The number of hydrogen-bond donors (Lipinski definition) is 7. The summed E-state index contributed by atoms with van der Waals surface area (Å²) in [5, 5.41) is 62.9. The van der Waals surface area contributed by atoms with Gasteiger partial charge in [-0.3, -0.25) is 10.1 Å². The Labute approximate surface area is 312 Å². The molecule has 0 radical (unpaired) electrons. The number of aliphatic hydroxyl groups is 4. The van der Waals surface area contributed by atoms with Crippen LogP contribution >= 0.6 is 0 Å². The van der Waals surface area contributed by atoms with E-state index < -0.39 is 103 Å². The molecule has 1 aromatic carbocycles. The van der Waals surface area contributed by atoms with Crippen molar-refractivity contribution in [2.45, 2.75) is 68.8 Å². The van der Waals surface area contributed by atoms with E-state index in [1.165, 1.54) is 11.1 Å². The Kier molecular flexibility index (Phi) is 12.9. The second kappa shape index (κ2) is 17.3. The van der Waals surface area contributed by atoms with Gasteiger partial charge in [0, 0.05) is 20.0 Å². The molecule has 2 fully saturated rings. The molecule has 2 saturated heterocycles. The molecule has 0 aliphatic carbocycles. The van der Waals surface area contributed by atoms with E-state index in [2.05, 4.69) is 25.9 Å². The number of hydrogen-bond acceptors (Lipinski definition) is 15. The number of carbonyl (C=O) groups is 3. The van der Waals surface area contributed by atoms with Crippen molar-refractivity contribution in [1.29, 1.82) is 0 Å². The summed E-state index contributed by atoms with van der Waals surface area (Å²) < 4.78 is 92.4. The van der Waals surface area contributed by atoms with Crippen molar-refractivity contribution in [1.82, 2.24) is 25.3 Å². The number of amides is 2. The van der Waals surface area contributed by atoms with Crippen LogP contribution in [-0.4, -0.2) is 133 Å². The number of carboxylic acids is 1. The first-order chi connectivity index (χ1) is 26.4. The molecule has 3 aromatic rings. The van der Waals surface area contributed by atoms with Gasteiger partial charge in [0.15, 0.2) is 0 Å². The summed E-state index contributed by atoms with van der Waals surface area (Å²) in [6, 6.07) is 2.09. The zero-order valence-corrected chi connectivity index (χ0v) is 29.1. The van der Waals surface area contributed by atoms with Gasteiger partial charge in [-0.15, -0.1) is 5.10 Å². The number of alkyl halides is 5. The number of ether oxygens (including phenoxy) is 4. The van der Waals surface area contributed by atoms with E-state index in [-0.39, 0.29) is 49.2 Å². The molecule has 56 heavy (non-hydrogen) atoms. The number of aliphatic hydroxyl groups excluding tert-OH is 4. The summed E-state index contributed by atoms with van der Waals surface area (Å²) in [5.74, 6) is -6.73. The molecule has 306 valence electrons. The van der Waals surface area contributed by atoms with Crippen LogP contribution < -0.4 is 20.3 Å². The smallest absolute Gasteiger partial charge is 0.420 e. The minimum Gasteiger partial charge on any atom is -0.476 e. The third kappa shape index (κ3) is 9.57. The molecule has 0 spiro atoms. The van der Waals surface area contributed by atoms with Gasteiger partial charge in [0.25, 0.3) is 6.43 Å². The monoisotopic (exact) mass is 805 g/mol. The molecular weight excluding hydrogens is 769 g/mol. The van der Waals surface area contributed by atoms with Crippen molar-refractivity contribution < 1.29 is 80.8 Å². The average molecular weight is 806 g/mol. The molecule has 2 aromatic heterocycles. The van der Waals surface area contributed by atoms with Crippen LogP contribution in [0.2, 0.25) is 0 Å². The number of halogens is 5. The molecule has 24 heteroatoms. The number of pyridine rings is 1. The standard InChI is InChI=1S/C32H36F5N7O12/c1-15(46)39-24-21(47)10-31(29(50)51,56-26(24)25(49)22(48)13-45)55-23-3-2-18(9-19(23)27(33)34)44-12-17(41-42-44)14-54-30(52)40-16-8-20(32(35,36)37)28(38-11-16)43-4-6-53-7-5-43/h2-3,8-9,11-12,21-22,24-27,45,47-49H,4-7,10,13-14H2,1H3,(H,39,46)(H,40,52)(H,50,51)/t21-,22+,24+,25+,26+,31+/m0/s1. The SMILES string of the molecule is CC(=O)N[C@H]1[C@H]([C@H](O)[C@H](O)CO)O[C@@](Oc2ccc(-n3cc(COC(=O)Nc4cnc(N5CCOCC5)c(C(F)(F)F)c4)nn3)cc2C(F)F)(C(=O)O)C[C@@H]1O. The predicted molar refractivity (Wildman–Crippen MR) is 176 cm³/mol. The highest BCUT2D eigenvalue weighted by molar-refractivity contribution is 5.84. The minimum atomic E-state index is -4.80. The van der Waals surface area contributed by atoms with E-state index in [9.17, 15) is 61.9 Å². The van der Waals surface area contributed by atoms with E-state index in [0.717, 1.165) is 36.0 Å². The summed E-state index contributed by atoms with van der Waals surface area (Å²) in [4.78, 5) is 42.0. The molecule has 0 saturated carbocycles. The summed E-state index contributed by atoms with van der Waals surface area (Å²) in [7, 11) is 0. The molecule has 7 N–H and O–H groups in total. The predicted octanol–water partition coefficient (Wildman–Crippen LogP) is 0.732. The van der Waals surface area contributed by atoms with Crippen LogP contribution in [0.1, 0.15) is 36.6 Å². The summed E-state index contributed by atoms with van der Waals surface area (Å²) in [6.45, 7) is 0.231. The highest BCUT2D eigenvalue weighted by atomic mass is 19.4. The number of carboxylic acid groups (broad SMARTS) is 1. The van der Waals surface area contributed by atoms with E-state index >= 15 is 0 Å². The number of morpholine rings is 1. The maximum absolute atomic E-state index is 14.4. The fourth-order valence-corrected chi connectivity index (χ4v) is 5.90. The lowest BCUT2D eigenvalue weighted by atomic mass is 9.88. The van der Waals surface area contributed by atoms with Crippen molar-refractivity contribution in [3.05, 3.63) is 53.5 Å². The molecule has 2 amide bonds. The van der Waals surface area contributed by atoms with Crippen LogP contribution in [0.5, 0.6) is 5.75 Å². The third-order valence-electron chi connectivity index (χ3n) is 8.58. The van der Waals surface area contributed by atoms with Crippen molar-refractivity contribution in [3.8, 4) is 11.4 Å². The van der Waals surface area contributed by atoms with Gasteiger partial charge in [-0.1, -0.05) is 5.21 Å². The summed E-state index contributed by atoms with van der Waals surface area (Å²) in [6.07, 6.45) is -15.9. The van der Waals surface area contributed by atoms with Gasteiger partial charge in [-0.2, -0.15) is 13.2 Å². The first kappa shape index (κ1) is 41.9. The summed E-state index contributed by atoms with van der Waals surface area (Å²) in [5.41, 5.74) is -2.42. The van der Waals surface area contributed by atoms with E-state index in [1.54, 1.807) is 0 Å². The van der Waals surface area contributed by atoms with E-state index in [0.29, 0.717) is 6.07 Å². The highest BCUT2D eigenvalue weighted by Gasteiger charge is 2.57. The van der Waals surface area contributed by atoms with Crippen molar-refractivity contribution in [3.63, 3.8) is 0 Å². The Balaban J connectivity index is 1.30. The third-order valence-corrected chi connectivity index (χ3v) is 8.58. The molecule has 0 bridgehead atoms. The topological polar surface area (TPSA) is 260 Å². The largest absolute Gasteiger partial charge is 0.476 e. The maximum Gasteiger partial charge on any atom is 0.420 e. The molecule has 19 nitrogen and oxygen atoms in total. The van der Waals surface area contributed by atoms with Crippen molar-refractivity contribution in [2.24, 2.45) is 0 Å². The first-order valence-corrected chi connectivity index (χ1v) is 16.6. The van der Waals surface area contributed by atoms with Gasteiger partial charge in [0.05, 0.1) is 67.7 Å². The van der Waals surface area contributed by atoms with Crippen molar-refractivity contribution >= 4 is 29.5 Å². The van der Waals surface area contributed by atoms with Gasteiger partial charge in [0.1, 0.15) is 47.7 Å². The normalized spacial score (nSPS) is 22.6. The van der Waals surface area contributed by atoms with E-state index in [1.807, 2.05) is 0 Å². The van der Waals surface area contributed by atoms with Crippen molar-refractivity contribution in [2.75, 3.05) is 43.1 Å². The zero-order chi connectivity index (χ0) is 40.9. The molecule has 2 aliphatic rings. The number of aliphatic carboxylic acids is 1. The Morgan fingerprint density at radius 2 is 1.86 bits per heavy atom. The second-order valence-electron chi connectivity index (χ2n) is 12.6. The number of nitrogens with zero attached hydrogens (tertiary/aromatic N) is 5. The molecule has 2 aliphatic heterocycles. The minimum absolute atomic E-state index is 0.0336. The Morgan fingerprint density at radius 1 is 1.14 bits per heavy atom. The van der Waals surface area contributed by atoms with Crippen LogP contribution in [0.25, 0.3) is 5.69 Å². The maximum atomic E-state index is 14.4. The molecule has 5 rings (SSSR count). The number of carbonyl (C=O) groups excluding carboxylic acids is 2. The molecule has 4 heterocycles. The number of aromatic nitrogens is 4. The van der Waals surface area contributed by atoms with Crippen LogP contribution in [0.3, 0.4) is 0 Å². The average Bonchev–Trinajstić information content (AvgIpc) is 3.63. The lowest BCUT2D eigenvalue weighted by Crippen LogP contribution is -2.68. The van der Waals surface area contributed by atoms with E-state index in [4.69, 9.17) is 18.9 Å². The van der Waals surface area contributed by atoms with Gasteiger partial charge >= 0.3 is 24.0 Å². The fraction of sp³-hybridized carbons (Fsp3) is 0.500. The van der Waals surface area contributed by atoms with Gasteiger partial charge in [-0.25, -0.2) is 28.0 Å².